The Bertz CT molecular complexity index is 606. The van der Waals surface area contributed by atoms with E-state index in [0.717, 1.165) is 22.6 Å². The van der Waals surface area contributed by atoms with Crippen molar-refractivity contribution in [2.75, 3.05) is 10.6 Å². The highest BCUT2D eigenvalue weighted by atomic mass is 16.1. The maximum absolute atomic E-state index is 11.7. The molecule has 0 unspecified atom stereocenters. The molecule has 0 radical (unpaired) electrons. The number of carbonyl (C=O) groups excluding carboxylic acids is 1. The first-order valence-corrected chi connectivity index (χ1v) is 7.11. The molecule has 0 aliphatic carbocycles. The number of aryl methyl sites for hydroxylation is 1. The number of nitrogens with one attached hydrogen (secondary N) is 2. The number of pyridine rings is 1. The third-order valence-electron chi connectivity index (χ3n) is 3.10. The van der Waals surface area contributed by atoms with Gasteiger partial charge in [0.25, 0.3) is 0 Å². The number of hydrogen-bond donors (Lipinski definition) is 2. The molecular weight excluding hydrogens is 262 g/mol. The van der Waals surface area contributed by atoms with Gasteiger partial charge in [-0.2, -0.15) is 0 Å². The molecule has 4 nitrogen and oxygen atoms in total. The Hall–Kier alpha value is -2.36. The van der Waals surface area contributed by atoms with Crippen LogP contribution in [0, 0.1) is 12.8 Å². The molecule has 0 saturated heterocycles. The molecule has 0 aliphatic rings. The van der Waals surface area contributed by atoms with E-state index in [4.69, 9.17) is 0 Å². The van der Waals surface area contributed by atoms with Crippen LogP contribution in [0.5, 0.6) is 0 Å². The van der Waals surface area contributed by atoms with Crippen molar-refractivity contribution in [2.24, 2.45) is 5.92 Å². The second-order valence-electron chi connectivity index (χ2n) is 5.41. The van der Waals surface area contributed by atoms with Gasteiger partial charge < -0.3 is 10.6 Å². The van der Waals surface area contributed by atoms with Crippen LogP contribution in [-0.4, -0.2) is 10.9 Å². The summed E-state index contributed by atoms with van der Waals surface area (Å²) >= 11 is 0. The lowest BCUT2D eigenvalue weighted by molar-refractivity contribution is -0.118. The maximum atomic E-state index is 11.7. The van der Waals surface area contributed by atoms with Crippen LogP contribution in [0.15, 0.2) is 42.6 Å². The minimum absolute atomic E-state index is 0.0207. The third-order valence-corrected chi connectivity index (χ3v) is 3.10. The van der Waals surface area contributed by atoms with E-state index in [1.165, 1.54) is 0 Å². The van der Waals surface area contributed by atoms with Gasteiger partial charge in [0.15, 0.2) is 0 Å². The van der Waals surface area contributed by atoms with Crippen molar-refractivity contribution in [1.82, 2.24) is 4.98 Å². The Labute approximate surface area is 125 Å². The minimum atomic E-state index is -0.0293. The summed E-state index contributed by atoms with van der Waals surface area (Å²) in [7, 11) is 0. The van der Waals surface area contributed by atoms with Crippen LogP contribution in [0.2, 0.25) is 0 Å². The van der Waals surface area contributed by atoms with Crippen LogP contribution in [0.4, 0.5) is 11.4 Å². The molecule has 2 rings (SSSR count). The Kier molecular flexibility index (Phi) is 4.93. The van der Waals surface area contributed by atoms with Crippen LogP contribution in [-0.2, 0) is 11.3 Å². The standard InChI is InChI=1S/C17H21N3O/c1-12(2)17(21)20-15-6-4-5-14(9-15)19-11-16-8-7-13(3)10-18-16/h4-10,12,19H,11H2,1-3H3,(H,20,21). The highest BCUT2D eigenvalue weighted by Gasteiger charge is 2.07. The van der Waals surface area contributed by atoms with E-state index in [2.05, 4.69) is 15.6 Å². The molecular formula is C17H21N3O. The number of anilines is 2. The summed E-state index contributed by atoms with van der Waals surface area (Å²) in [4.78, 5) is 16.0. The molecule has 2 aromatic rings. The molecule has 0 spiro atoms. The van der Waals surface area contributed by atoms with Gasteiger partial charge in [-0.25, -0.2) is 0 Å². The highest BCUT2D eigenvalue weighted by molar-refractivity contribution is 5.92. The summed E-state index contributed by atoms with van der Waals surface area (Å²) < 4.78 is 0. The molecule has 0 atom stereocenters. The van der Waals surface area contributed by atoms with E-state index in [9.17, 15) is 4.79 Å². The first-order valence-electron chi connectivity index (χ1n) is 7.11. The van der Waals surface area contributed by atoms with E-state index in [-0.39, 0.29) is 11.8 Å². The molecule has 110 valence electrons. The Morgan fingerprint density at radius 1 is 1.19 bits per heavy atom. The number of carbonyl (C=O) groups is 1. The van der Waals surface area contributed by atoms with Gasteiger partial charge in [-0.15, -0.1) is 0 Å². The summed E-state index contributed by atoms with van der Waals surface area (Å²) in [6.07, 6.45) is 1.86. The number of amides is 1. The van der Waals surface area contributed by atoms with Crippen molar-refractivity contribution in [3.05, 3.63) is 53.9 Å². The fraction of sp³-hybridized carbons (Fsp3) is 0.294. The van der Waals surface area contributed by atoms with Crippen LogP contribution >= 0.6 is 0 Å². The molecule has 0 fully saturated rings. The molecule has 1 amide bonds. The smallest absolute Gasteiger partial charge is 0.226 e. The number of aromatic nitrogens is 1. The SMILES string of the molecule is Cc1ccc(CNc2cccc(NC(=O)C(C)C)c2)nc1. The van der Waals surface area contributed by atoms with Crippen LogP contribution in [0.1, 0.15) is 25.1 Å². The Morgan fingerprint density at radius 3 is 2.62 bits per heavy atom. The zero-order chi connectivity index (χ0) is 15.2. The average Bonchev–Trinajstić information content (AvgIpc) is 2.47. The van der Waals surface area contributed by atoms with Crippen molar-refractivity contribution >= 4 is 17.3 Å². The summed E-state index contributed by atoms with van der Waals surface area (Å²) in [6.45, 7) is 6.42. The number of nitrogens with zero attached hydrogens (tertiary/aromatic N) is 1. The van der Waals surface area contributed by atoms with Gasteiger partial charge in [0.2, 0.25) is 5.91 Å². The summed E-state index contributed by atoms with van der Waals surface area (Å²) in [5.41, 5.74) is 3.89. The summed E-state index contributed by atoms with van der Waals surface area (Å²) in [6, 6.07) is 11.8. The van der Waals surface area contributed by atoms with Gasteiger partial charge in [0.1, 0.15) is 0 Å². The van der Waals surface area contributed by atoms with Gasteiger partial charge in [-0.3, -0.25) is 9.78 Å². The lowest BCUT2D eigenvalue weighted by atomic mass is 10.2. The van der Waals surface area contributed by atoms with Crippen LogP contribution in [0.3, 0.4) is 0 Å². The van der Waals surface area contributed by atoms with Gasteiger partial charge in [-0.05, 0) is 36.8 Å². The van der Waals surface area contributed by atoms with Crippen molar-refractivity contribution < 1.29 is 4.79 Å². The van der Waals surface area contributed by atoms with E-state index >= 15 is 0 Å². The normalized spacial score (nSPS) is 10.5. The molecule has 4 heteroatoms. The Balaban J connectivity index is 1.97. The first-order chi connectivity index (χ1) is 10.0. The molecule has 1 aromatic carbocycles. The van der Waals surface area contributed by atoms with Gasteiger partial charge in [0, 0.05) is 23.5 Å². The number of rotatable bonds is 5. The quantitative estimate of drug-likeness (QED) is 0.881. The number of hydrogen-bond acceptors (Lipinski definition) is 3. The molecule has 0 saturated carbocycles. The fourth-order valence-electron chi connectivity index (χ4n) is 1.79. The third kappa shape index (κ3) is 4.60. The molecule has 1 aromatic heterocycles. The molecule has 21 heavy (non-hydrogen) atoms. The predicted molar refractivity (Wildman–Crippen MR) is 86.2 cm³/mol. The molecule has 1 heterocycles. The van der Waals surface area contributed by atoms with Crippen molar-refractivity contribution in [3.63, 3.8) is 0 Å². The van der Waals surface area contributed by atoms with Crippen molar-refractivity contribution in [3.8, 4) is 0 Å². The second kappa shape index (κ2) is 6.88. The zero-order valence-electron chi connectivity index (χ0n) is 12.7. The largest absolute Gasteiger partial charge is 0.379 e. The maximum Gasteiger partial charge on any atom is 0.226 e. The average molecular weight is 283 g/mol. The number of benzene rings is 1. The lowest BCUT2D eigenvalue weighted by Gasteiger charge is -2.10. The lowest BCUT2D eigenvalue weighted by Crippen LogP contribution is -2.17. The molecule has 2 N–H and O–H groups in total. The fourth-order valence-corrected chi connectivity index (χ4v) is 1.79. The summed E-state index contributed by atoms with van der Waals surface area (Å²) in [5, 5.41) is 6.20. The monoisotopic (exact) mass is 283 g/mol. The first kappa shape index (κ1) is 15.0. The highest BCUT2D eigenvalue weighted by Crippen LogP contribution is 2.16. The minimum Gasteiger partial charge on any atom is -0.379 e. The van der Waals surface area contributed by atoms with E-state index in [0.29, 0.717) is 6.54 Å². The topological polar surface area (TPSA) is 54.0 Å². The zero-order valence-corrected chi connectivity index (χ0v) is 12.7. The van der Waals surface area contributed by atoms with Gasteiger partial charge in [0.05, 0.1) is 12.2 Å². The van der Waals surface area contributed by atoms with Crippen molar-refractivity contribution in [2.45, 2.75) is 27.3 Å². The Morgan fingerprint density at radius 2 is 1.95 bits per heavy atom. The molecule has 0 bridgehead atoms. The van der Waals surface area contributed by atoms with Crippen molar-refractivity contribution in [1.29, 1.82) is 0 Å². The van der Waals surface area contributed by atoms with Crippen LogP contribution in [0.25, 0.3) is 0 Å². The van der Waals surface area contributed by atoms with E-state index < -0.39 is 0 Å². The van der Waals surface area contributed by atoms with Gasteiger partial charge in [-0.1, -0.05) is 26.0 Å². The van der Waals surface area contributed by atoms with Crippen LogP contribution < -0.4 is 10.6 Å². The molecule has 0 aliphatic heterocycles. The second-order valence-corrected chi connectivity index (χ2v) is 5.41. The summed E-state index contributed by atoms with van der Waals surface area (Å²) in [5.74, 6) is -0.00859. The van der Waals surface area contributed by atoms with E-state index in [1.54, 1.807) is 0 Å². The predicted octanol–water partition coefficient (Wildman–Crippen LogP) is 3.60. The van der Waals surface area contributed by atoms with Gasteiger partial charge >= 0.3 is 0 Å². The van der Waals surface area contributed by atoms with E-state index in [1.807, 2.05) is 63.4 Å².